The van der Waals surface area contributed by atoms with E-state index in [1.165, 1.54) is 0 Å². The summed E-state index contributed by atoms with van der Waals surface area (Å²) in [4.78, 5) is 23.6. The van der Waals surface area contributed by atoms with Crippen molar-refractivity contribution in [3.8, 4) is 28.5 Å². The first-order chi connectivity index (χ1) is 16.1. The topological polar surface area (TPSA) is 85.2 Å². The van der Waals surface area contributed by atoms with Crippen LogP contribution in [0.1, 0.15) is 32.6 Å². The van der Waals surface area contributed by atoms with E-state index in [1.807, 2.05) is 46.8 Å². The summed E-state index contributed by atoms with van der Waals surface area (Å²) in [6, 6.07) is 9.57. The minimum atomic E-state index is -0.0204. The molecule has 0 aliphatic heterocycles. The molecule has 2 amide bonds. The number of urea groups is 1. The lowest BCUT2D eigenvalue weighted by atomic mass is 10.2. The molecule has 1 fully saturated rings. The van der Waals surface area contributed by atoms with Crippen LogP contribution in [0.25, 0.3) is 22.8 Å². The zero-order valence-electron chi connectivity index (χ0n) is 19.0. The molecule has 1 aliphatic carbocycles. The molecule has 1 N–H and O–H groups in total. The van der Waals surface area contributed by atoms with Gasteiger partial charge in [0.15, 0.2) is 11.6 Å². The number of halogens is 1. The van der Waals surface area contributed by atoms with Gasteiger partial charge >= 0.3 is 6.03 Å². The summed E-state index contributed by atoms with van der Waals surface area (Å²) < 4.78 is 7.15. The Balaban J connectivity index is 1.66. The molecule has 2 aromatic heterocycles. The third-order valence-electron chi connectivity index (χ3n) is 5.93. The first-order valence-corrected chi connectivity index (χ1v) is 11.7. The molecule has 1 saturated carbocycles. The fraction of sp³-hybridized carbons (Fsp3) is 0.417. The maximum Gasteiger partial charge on any atom is 0.317 e. The smallest absolute Gasteiger partial charge is 0.317 e. The minimum Gasteiger partial charge on any atom is -0.495 e. The molecular weight excluding hydrogens is 440 g/mol. The number of benzene rings is 1. The van der Waals surface area contributed by atoms with Gasteiger partial charge in [0.05, 0.1) is 18.7 Å². The maximum atomic E-state index is 12.8. The molecule has 3 aromatic rings. The number of aromatic nitrogens is 4. The monoisotopic (exact) mass is 468 g/mol. The quantitative estimate of drug-likeness (QED) is 0.520. The Morgan fingerprint density at radius 3 is 2.64 bits per heavy atom. The van der Waals surface area contributed by atoms with E-state index in [4.69, 9.17) is 26.4 Å². The zero-order valence-corrected chi connectivity index (χ0v) is 19.8. The standard InChI is InChI=1S/C24H29ClN6O2/c1-3-27-24(32)30(19-6-4-5-7-19)14-15-31-23(18-8-9-21(33-2)20(25)16-18)28-22(29-31)17-10-12-26-13-11-17/h8-13,16,19H,3-7,14-15H2,1-2H3,(H,27,32). The Labute approximate surface area is 198 Å². The van der Waals surface area contributed by atoms with Gasteiger partial charge in [0, 0.05) is 42.7 Å². The molecular formula is C24H29ClN6O2. The first kappa shape index (κ1) is 23.0. The van der Waals surface area contributed by atoms with Crippen LogP contribution in [0.15, 0.2) is 42.7 Å². The van der Waals surface area contributed by atoms with Crippen molar-refractivity contribution >= 4 is 17.6 Å². The predicted molar refractivity (Wildman–Crippen MR) is 128 cm³/mol. The van der Waals surface area contributed by atoms with Crippen molar-refractivity contribution < 1.29 is 9.53 Å². The number of carbonyl (C=O) groups is 1. The summed E-state index contributed by atoms with van der Waals surface area (Å²) >= 11 is 6.39. The van der Waals surface area contributed by atoms with Crippen LogP contribution in [-0.2, 0) is 6.54 Å². The second-order valence-electron chi connectivity index (χ2n) is 8.03. The van der Waals surface area contributed by atoms with Crippen LogP contribution in [0.3, 0.4) is 0 Å². The Hall–Kier alpha value is -3.13. The van der Waals surface area contributed by atoms with Gasteiger partial charge in [0.25, 0.3) is 0 Å². The van der Waals surface area contributed by atoms with Crippen LogP contribution in [-0.4, -0.2) is 56.9 Å². The number of methoxy groups -OCH3 is 1. The number of ether oxygens (including phenoxy) is 1. The zero-order chi connectivity index (χ0) is 23.2. The van der Waals surface area contributed by atoms with Crippen LogP contribution in [0.5, 0.6) is 5.75 Å². The van der Waals surface area contributed by atoms with Crippen molar-refractivity contribution in [1.82, 2.24) is 30.0 Å². The van der Waals surface area contributed by atoms with Gasteiger partial charge in [-0.15, -0.1) is 0 Å². The van der Waals surface area contributed by atoms with Crippen molar-refractivity contribution in [3.05, 3.63) is 47.7 Å². The van der Waals surface area contributed by atoms with Crippen molar-refractivity contribution in [3.63, 3.8) is 0 Å². The van der Waals surface area contributed by atoms with Gasteiger partial charge < -0.3 is 15.0 Å². The predicted octanol–water partition coefficient (Wildman–Crippen LogP) is 4.64. The second-order valence-corrected chi connectivity index (χ2v) is 8.44. The van der Waals surface area contributed by atoms with E-state index in [0.29, 0.717) is 42.1 Å². The molecule has 0 saturated heterocycles. The lowest BCUT2D eigenvalue weighted by Crippen LogP contribution is -2.46. The highest BCUT2D eigenvalue weighted by Gasteiger charge is 2.27. The molecule has 0 bridgehead atoms. The van der Waals surface area contributed by atoms with Gasteiger partial charge in [0.1, 0.15) is 5.75 Å². The van der Waals surface area contributed by atoms with E-state index in [-0.39, 0.29) is 12.1 Å². The summed E-state index contributed by atoms with van der Waals surface area (Å²) in [5.74, 6) is 1.89. The number of hydrogen-bond acceptors (Lipinski definition) is 5. The first-order valence-electron chi connectivity index (χ1n) is 11.3. The van der Waals surface area contributed by atoms with E-state index in [0.717, 1.165) is 36.8 Å². The maximum absolute atomic E-state index is 12.8. The summed E-state index contributed by atoms with van der Waals surface area (Å²) in [5, 5.41) is 8.24. The molecule has 33 heavy (non-hydrogen) atoms. The van der Waals surface area contributed by atoms with Crippen LogP contribution >= 0.6 is 11.6 Å². The van der Waals surface area contributed by atoms with Crippen LogP contribution < -0.4 is 10.1 Å². The third-order valence-corrected chi connectivity index (χ3v) is 6.22. The number of hydrogen-bond donors (Lipinski definition) is 1. The SMILES string of the molecule is CCNC(=O)N(CCn1nc(-c2ccncc2)nc1-c1ccc(OC)c(Cl)c1)C1CCCC1. The van der Waals surface area contributed by atoms with E-state index < -0.39 is 0 Å². The summed E-state index contributed by atoms with van der Waals surface area (Å²) in [6.45, 7) is 3.61. The number of amides is 2. The van der Waals surface area contributed by atoms with E-state index in [9.17, 15) is 4.79 Å². The van der Waals surface area contributed by atoms with Gasteiger partial charge in [-0.2, -0.15) is 5.10 Å². The molecule has 1 aliphatic rings. The molecule has 2 heterocycles. The van der Waals surface area contributed by atoms with E-state index in [2.05, 4.69) is 10.3 Å². The summed E-state index contributed by atoms with van der Waals surface area (Å²) in [6.07, 6.45) is 7.83. The highest BCUT2D eigenvalue weighted by Crippen LogP contribution is 2.31. The molecule has 174 valence electrons. The number of pyridine rings is 1. The van der Waals surface area contributed by atoms with Crippen LogP contribution in [0, 0.1) is 0 Å². The van der Waals surface area contributed by atoms with Crippen LogP contribution in [0.4, 0.5) is 4.79 Å². The molecule has 0 atom stereocenters. The lowest BCUT2D eigenvalue weighted by molar-refractivity contribution is 0.172. The van der Waals surface area contributed by atoms with Gasteiger partial charge in [-0.25, -0.2) is 14.5 Å². The third kappa shape index (κ3) is 5.27. The Kier molecular flexibility index (Phi) is 7.44. The van der Waals surface area contributed by atoms with Gasteiger partial charge in [-0.05, 0) is 50.1 Å². The van der Waals surface area contributed by atoms with Gasteiger partial charge in [-0.3, -0.25) is 4.98 Å². The highest BCUT2D eigenvalue weighted by atomic mass is 35.5. The fourth-order valence-corrected chi connectivity index (χ4v) is 4.52. The number of nitrogens with zero attached hydrogens (tertiary/aromatic N) is 5. The van der Waals surface area contributed by atoms with Gasteiger partial charge in [0.2, 0.25) is 0 Å². The summed E-state index contributed by atoms with van der Waals surface area (Å²) in [5.41, 5.74) is 1.71. The number of nitrogens with one attached hydrogen (secondary N) is 1. The fourth-order valence-electron chi connectivity index (χ4n) is 4.26. The highest BCUT2D eigenvalue weighted by molar-refractivity contribution is 6.32. The Morgan fingerprint density at radius 2 is 1.97 bits per heavy atom. The van der Waals surface area contributed by atoms with E-state index in [1.54, 1.807) is 19.5 Å². The van der Waals surface area contributed by atoms with E-state index >= 15 is 0 Å². The molecule has 9 heteroatoms. The number of carbonyl (C=O) groups excluding carboxylic acids is 1. The molecule has 0 radical (unpaired) electrons. The summed E-state index contributed by atoms with van der Waals surface area (Å²) in [7, 11) is 1.59. The average molecular weight is 469 g/mol. The molecule has 0 spiro atoms. The number of rotatable bonds is 8. The van der Waals surface area contributed by atoms with Crippen molar-refractivity contribution in [2.75, 3.05) is 20.2 Å². The molecule has 0 unspecified atom stereocenters. The van der Waals surface area contributed by atoms with Crippen molar-refractivity contribution in [2.24, 2.45) is 0 Å². The largest absolute Gasteiger partial charge is 0.495 e. The second kappa shape index (κ2) is 10.7. The Bertz CT molecular complexity index is 1080. The van der Waals surface area contributed by atoms with Crippen molar-refractivity contribution in [2.45, 2.75) is 45.2 Å². The Morgan fingerprint density at radius 1 is 1.21 bits per heavy atom. The minimum absolute atomic E-state index is 0.0204. The van der Waals surface area contributed by atoms with Gasteiger partial charge in [-0.1, -0.05) is 24.4 Å². The van der Waals surface area contributed by atoms with Crippen LogP contribution in [0.2, 0.25) is 5.02 Å². The normalized spacial score (nSPS) is 13.8. The molecule has 1 aromatic carbocycles. The molecule has 8 nitrogen and oxygen atoms in total. The lowest BCUT2D eigenvalue weighted by Gasteiger charge is -2.29. The van der Waals surface area contributed by atoms with Crippen molar-refractivity contribution in [1.29, 1.82) is 0 Å². The average Bonchev–Trinajstić information content (AvgIpc) is 3.51. The molecule has 4 rings (SSSR count).